The van der Waals surface area contributed by atoms with E-state index in [1.807, 2.05) is 13.0 Å². The Balaban J connectivity index is 1.48. The Bertz CT molecular complexity index is 427. The molecule has 1 aromatic rings. The van der Waals surface area contributed by atoms with Gasteiger partial charge in [-0.25, -0.2) is 0 Å². The van der Waals surface area contributed by atoms with Gasteiger partial charge < -0.3 is 10.6 Å². The maximum atomic E-state index is 11.8. The molecule has 0 spiro atoms. The van der Waals surface area contributed by atoms with Crippen LogP contribution in [-0.2, 0) is 4.79 Å². The first-order valence-corrected chi connectivity index (χ1v) is 6.85. The third kappa shape index (κ3) is 2.72. The summed E-state index contributed by atoms with van der Waals surface area (Å²) in [7, 11) is 0. The van der Waals surface area contributed by atoms with Gasteiger partial charge in [-0.2, -0.15) is 0 Å². The van der Waals surface area contributed by atoms with Gasteiger partial charge in [0.25, 0.3) is 0 Å². The normalized spacial score (nSPS) is 27.6. The molecule has 2 fully saturated rings. The Kier molecular flexibility index (Phi) is 3.08. The standard InChI is InChI=1S/C15H20N2O/c1-10(15(18)17-12-7-8-12)16-14-9-13(14)11-5-3-2-4-6-11/h2-6,10,12-14,16H,7-9H2,1H3,(H,17,18)/t10?,13?,14-/m0/s1. The van der Waals surface area contributed by atoms with Crippen molar-refractivity contribution in [2.75, 3.05) is 0 Å². The molecule has 3 heteroatoms. The number of carbonyl (C=O) groups is 1. The molecule has 2 aliphatic rings. The molecule has 96 valence electrons. The van der Waals surface area contributed by atoms with Crippen LogP contribution in [0.3, 0.4) is 0 Å². The van der Waals surface area contributed by atoms with Gasteiger partial charge in [0, 0.05) is 18.0 Å². The highest BCUT2D eigenvalue weighted by Crippen LogP contribution is 2.40. The van der Waals surface area contributed by atoms with Gasteiger partial charge in [-0.1, -0.05) is 30.3 Å². The zero-order chi connectivity index (χ0) is 12.5. The van der Waals surface area contributed by atoms with E-state index in [9.17, 15) is 4.79 Å². The van der Waals surface area contributed by atoms with Crippen molar-refractivity contribution in [2.24, 2.45) is 0 Å². The summed E-state index contributed by atoms with van der Waals surface area (Å²) >= 11 is 0. The first-order valence-electron chi connectivity index (χ1n) is 6.85. The van der Waals surface area contributed by atoms with Crippen molar-refractivity contribution in [1.82, 2.24) is 10.6 Å². The maximum Gasteiger partial charge on any atom is 0.237 e. The lowest BCUT2D eigenvalue weighted by Gasteiger charge is -2.13. The Morgan fingerprint density at radius 2 is 2.00 bits per heavy atom. The number of nitrogens with one attached hydrogen (secondary N) is 2. The first-order chi connectivity index (χ1) is 8.74. The molecular formula is C15H20N2O. The molecule has 2 unspecified atom stereocenters. The number of benzene rings is 1. The van der Waals surface area contributed by atoms with Crippen molar-refractivity contribution in [1.29, 1.82) is 0 Å². The molecule has 3 rings (SSSR count). The van der Waals surface area contributed by atoms with Crippen LogP contribution >= 0.6 is 0 Å². The van der Waals surface area contributed by atoms with Crippen LogP contribution in [0.5, 0.6) is 0 Å². The van der Waals surface area contributed by atoms with Crippen LogP contribution in [0, 0.1) is 0 Å². The van der Waals surface area contributed by atoms with E-state index in [1.54, 1.807) is 0 Å². The molecule has 0 aromatic heterocycles. The summed E-state index contributed by atoms with van der Waals surface area (Å²) in [5.74, 6) is 0.735. The highest BCUT2D eigenvalue weighted by molar-refractivity contribution is 5.82. The highest BCUT2D eigenvalue weighted by Gasteiger charge is 2.39. The van der Waals surface area contributed by atoms with Gasteiger partial charge in [0.05, 0.1) is 6.04 Å². The second-order valence-electron chi connectivity index (χ2n) is 5.53. The van der Waals surface area contributed by atoms with E-state index in [-0.39, 0.29) is 11.9 Å². The van der Waals surface area contributed by atoms with Crippen LogP contribution in [0.1, 0.15) is 37.7 Å². The fourth-order valence-corrected chi connectivity index (χ4v) is 2.40. The predicted molar refractivity (Wildman–Crippen MR) is 71.4 cm³/mol. The summed E-state index contributed by atoms with van der Waals surface area (Å²) in [5.41, 5.74) is 1.38. The number of rotatable bonds is 5. The van der Waals surface area contributed by atoms with Crippen molar-refractivity contribution in [2.45, 2.75) is 50.2 Å². The highest BCUT2D eigenvalue weighted by atomic mass is 16.2. The number of hydrogen-bond donors (Lipinski definition) is 2. The van der Waals surface area contributed by atoms with E-state index in [1.165, 1.54) is 5.56 Å². The van der Waals surface area contributed by atoms with E-state index < -0.39 is 0 Å². The van der Waals surface area contributed by atoms with Gasteiger partial charge >= 0.3 is 0 Å². The second-order valence-corrected chi connectivity index (χ2v) is 5.53. The average molecular weight is 244 g/mol. The molecule has 1 amide bonds. The van der Waals surface area contributed by atoms with E-state index in [0.717, 1.165) is 19.3 Å². The number of amides is 1. The van der Waals surface area contributed by atoms with Crippen LogP contribution in [0.4, 0.5) is 0 Å². The Morgan fingerprint density at radius 3 is 2.67 bits per heavy atom. The van der Waals surface area contributed by atoms with E-state index in [4.69, 9.17) is 0 Å². The van der Waals surface area contributed by atoms with Crippen molar-refractivity contribution >= 4 is 5.91 Å². The molecule has 1 aromatic carbocycles. The quantitative estimate of drug-likeness (QED) is 0.829. The van der Waals surface area contributed by atoms with Gasteiger partial charge in [-0.3, -0.25) is 4.79 Å². The lowest BCUT2D eigenvalue weighted by molar-refractivity contribution is -0.122. The van der Waals surface area contributed by atoms with Crippen LogP contribution in [-0.4, -0.2) is 24.0 Å². The SMILES string of the molecule is CC(N[C@H]1CC1c1ccccc1)C(=O)NC1CC1. The van der Waals surface area contributed by atoms with Crippen LogP contribution < -0.4 is 10.6 Å². The van der Waals surface area contributed by atoms with Crippen molar-refractivity contribution < 1.29 is 4.79 Å². The molecule has 2 aliphatic carbocycles. The van der Waals surface area contributed by atoms with E-state index >= 15 is 0 Å². The zero-order valence-electron chi connectivity index (χ0n) is 10.7. The average Bonchev–Trinajstić information content (AvgIpc) is 3.26. The molecule has 3 atom stereocenters. The van der Waals surface area contributed by atoms with Crippen LogP contribution in [0.2, 0.25) is 0 Å². The first kappa shape index (κ1) is 11.7. The molecule has 0 saturated heterocycles. The van der Waals surface area contributed by atoms with Crippen LogP contribution in [0.25, 0.3) is 0 Å². The monoisotopic (exact) mass is 244 g/mol. The molecule has 0 bridgehead atoms. The summed E-state index contributed by atoms with van der Waals surface area (Å²) in [4.78, 5) is 11.8. The fraction of sp³-hybridized carbons (Fsp3) is 0.533. The molecule has 0 radical (unpaired) electrons. The third-order valence-corrected chi connectivity index (χ3v) is 3.80. The summed E-state index contributed by atoms with van der Waals surface area (Å²) in [5, 5.41) is 6.46. The molecule has 2 N–H and O–H groups in total. The summed E-state index contributed by atoms with van der Waals surface area (Å²) < 4.78 is 0. The Labute approximate surface area is 108 Å². The molecule has 0 aliphatic heterocycles. The zero-order valence-corrected chi connectivity index (χ0v) is 10.7. The summed E-state index contributed by atoms with van der Waals surface area (Å²) in [6.45, 7) is 1.96. The largest absolute Gasteiger partial charge is 0.352 e. The molecule has 2 saturated carbocycles. The lowest BCUT2D eigenvalue weighted by Crippen LogP contribution is -2.44. The maximum absolute atomic E-state index is 11.8. The molecule has 0 heterocycles. The number of carbonyl (C=O) groups excluding carboxylic acids is 1. The van der Waals surface area contributed by atoms with Gasteiger partial charge in [0.1, 0.15) is 0 Å². The molecule has 3 nitrogen and oxygen atoms in total. The lowest BCUT2D eigenvalue weighted by atomic mass is 10.1. The minimum atomic E-state index is -0.0793. The Morgan fingerprint density at radius 1 is 1.28 bits per heavy atom. The minimum Gasteiger partial charge on any atom is -0.352 e. The molecular weight excluding hydrogens is 224 g/mol. The minimum absolute atomic E-state index is 0.0793. The Hall–Kier alpha value is -1.35. The predicted octanol–water partition coefficient (Wildman–Crippen LogP) is 1.80. The van der Waals surface area contributed by atoms with Gasteiger partial charge in [-0.05, 0) is 31.7 Å². The fourth-order valence-electron chi connectivity index (χ4n) is 2.40. The van der Waals surface area contributed by atoms with Gasteiger partial charge in [0.2, 0.25) is 5.91 Å². The summed E-state index contributed by atoms with van der Waals surface area (Å²) in [6, 6.07) is 11.4. The summed E-state index contributed by atoms with van der Waals surface area (Å²) in [6.07, 6.45) is 3.44. The second kappa shape index (κ2) is 4.73. The van der Waals surface area contributed by atoms with E-state index in [2.05, 4.69) is 34.9 Å². The van der Waals surface area contributed by atoms with Crippen molar-refractivity contribution in [3.63, 3.8) is 0 Å². The van der Waals surface area contributed by atoms with Crippen LogP contribution in [0.15, 0.2) is 30.3 Å². The van der Waals surface area contributed by atoms with E-state index in [0.29, 0.717) is 18.0 Å². The van der Waals surface area contributed by atoms with Crippen molar-refractivity contribution in [3.8, 4) is 0 Å². The van der Waals surface area contributed by atoms with Crippen molar-refractivity contribution in [3.05, 3.63) is 35.9 Å². The van der Waals surface area contributed by atoms with Gasteiger partial charge in [0.15, 0.2) is 0 Å². The molecule has 18 heavy (non-hydrogen) atoms. The topological polar surface area (TPSA) is 41.1 Å². The third-order valence-electron chi connectivity index (χ3n) is 3.80. The number of hydrogen-bond acceptors (Lipinski definition) is 2. The smallest absolute Gasteiger partial charge is 0.237 e. The van der Waals surface area contributed by atoms with Gasteiger partial charge in [-0.15, -0.1) is 0 Å².